The van der Waals surface area contributed by atoms with Gasteiger partial charge in [0.05, 0.1) is 35.6 Å². The molecule has 0 saturated carbocycles. The summed E-state index contributed by atoms with van der Waals surface area (Å²) >= 11 is 0. The number of nitrogens with two attached hydrogens (primary N) is 1. The highest BCUT2D eigenvalue weighted by Gasteiger charge is 2.19. The van der Waals surface area contributed by atoms with E-state index < -0.39 is 0 Å². The highest BCUT2D eigenvalue weighted by atomic mass is 16.1. The van der Waals surface area contributed by atoms with Gasteiger partial charge in [-0.3, -0.25) is 9.59 Å². The second-order valence-electron chi connectivity index (χ2n) is 8.50. The van der Waals surface area contributed by atoms with Crippen LogP contribution in [-0.4, -0.2) is 35.4 Å². The number of aromatic nitrogens is 6. The van der Waals surface area contributed by atoms with Gasteiger partial charge >= 0.3 is 0 Å². The molecular formula is C26H26N8O2. The number of carbonyl (C=O) groups excluding carboxylic acids is 1. The average Bonchev–Trinajstić information content (AvgIpc) is 3.60. The smallest absolute Gasteiger partial charge is 0.224 e. The fourth-order valence-corrected chi connectivity index (χ4v) is 4.30. The molecule has 182 valence electrons. The van der Waals surface area contributed by atoms with E-state index in [2.05, 4.69) is 25.3 Å². The molecule has 0 bridgehead atoms. The van der Waals surface area contributed by atoms with Crippen molar-refractivity contribution in [2.24, 2.45) is 0 Å². The molecular weight excluding hydrogens is 456 g/mol. The molecule has 0 aliphatic carbocycles. The van der Waals surface area contributed by atoms with Gasteiger partial charge in [-0.1, -0.05) is 24.3 Å². The minimum absolute atomic E-state index is 0.0862. The number of nitrogen functional groups attached to an aromatic ring is 1. The Morgan fingerprint density at radius 3 is 2.64 bits per heavy atom. The van der Waals surface area contributed by atoms with E-state index in [0.29, 0.717) is 40.5 Å². The summed E-state index contributed by atoms with van der Waals surface area (Å²) in [5, 5.41) is 3.42. The molecule has 1 unspecified atom stereocenters. The first kappa shape index (κ1) is 23.0. The molecule has 0 saturated heterocycles. The Bertz CT molecular complexity index is 1570. The van der Waals surface area contributed by atoms with E-state index in [1.165, 1.54) is 0 Å². The SMILES string of the molecule is CCn1c(N)c(-c2ncc[nH]2)c(=O)c2ccc(-c3ccc(CC(=O)NC(C)c4c[nH]cn4)cc3)nc21. The van der Waals surface area contributed by atoms with Crippen molar-refractivity contribution in [3.05, 3.63) is 82.8 Å². The van der Waals surface area contributed by atoms with Crippen molar-refractivity contribution in [1.29, 1.82) is 0 Å². The molecule has 0 radical (unpaired) electrons. The van der Waals surface area contributed by atoms with Gasteiger partial charge in [-0.2, -0.15) is 0 Å². The van der Waals surface area contributed by atoms with Gasteiger partial charge in [0.1, 0.15) is 22.9 Å². The highest BCUT2D eigenvalue weighted by Crippen LogP contribution is 2.26. The summed E-state index contributed by atoms with van der Waals surface area (Å²) in [5.41, 5.74) is 10.3. The lowest BCUT2D eigenvalue weighted by atomic mass is 10.0. The molecule has 0 spiro atoms. The molecule has 1 aromatic carbocycles. The number of fused-ring (bicyclic) bond motifs is 1. The minimum Gasteiger partial charge on any atom is -0.384 e. The Morgan fingerprint density at radius 2 is 1.97 bits per heavy atom. The number of imidazole rings is 2. The predicted octanol–water partition coefficient (Wildman–Crippen LogP) is 3.20. The lowest BCUT2D eigenvalue weighted by molar-refractivity contribution is -0.121. The summed E-state index contributed by atoms with van der Waals surface area (Å²) in [6, 6.07) is 11.1. The monoisotopic (exact) mass is 482 g/mol. The zero-order chi connectivity index (χ0) is 25.2. The Kier molecular flexibility index (Phi) is 6.07. The number of amides is 1. The Hall–Kier alpha value is -4.73. The molecule has 4 aromatic heterocycles. The van der Waals surface area contributed by atoms with Gasteiger partial charge in [0.25, 0.3) is 0 Å². The quantitative estimate of drug-likeness (QED) is 0.280. The number of rotatable bonds is 7. The van der Waals surface area contributed by atoms with Gasteiger partial charge in [0.2, 0.25) is 11.3 Å². The number of anilines is 1. The summed E-state index contributed by atoms with van der Waals surface area (Å²) in [6.07, 6.45) is 6.84. The van der Waals surface area contributed by atoms with Crippen molar-refractivity contribution in [3.8, 4) is 22.6 Å². The zero-order valence-corrected chi connectivity index (χ0v) is 19.9. The topological polar surface area (TPSA) is 147 Å². The van der Waals surface area contributed by atoms with Crippen molar-refractivity contribution in [1.82, 2.24) is 34.8 Å². The fourth-order valence-electron chi connectivity index (χ4n) is 4.30. The van der Waals surface area contributed by atoms with Crippen molar-refractivity contribution < 1.29 is 4.79 Å². The summed E-state index contributed by atoms with van der Waals surface area (Å²) in [4.78, 5) is 44.7. The maximum Gasteiger partial charge on any atom is 0.224 e. The van der Waals surface area contributed by atoms with E-state index in [1.807, 2.05) is 48.7 Å². The van der Waals surface area contributed by atoms with Crippen LogP contribution in [0.5, 0.6) is 0 Å². The Labute approximate surface area is 206 Å². The second-order valence-corrected chi connectivity index (χ2v) is 8.50. The normalized spacial score (nSPS) is 12.1. The average molecular weight is 483 g/mol. The number of hydrogen-bond donors (Lipinski definition) is 4. The molecule has 4 heterocycles. The Balaban J connectivity index is 1.41. The van der Waals surface area contributed by atoms with Crippen LogP contribution >= 0.6 is 0 Å². The van der Waals surface area contributed by atoms with E-state index in [1.54, 1.807) is 31.0 Å². The molecule has 0 aliphatic heterocycles. The van der Waals surface area contributed by atoms with E-state index in [-0.39, 0.29) is 23.8 Å². The van der Waals surface area contributed by atoms with Crippen LogP contribution in [0.3, 0.4) is 0 Å². The van der Waals surface area contributed by atoms with Crippen LogP contribution < -0.4 is 16.5 Å². The lowest BCUT2D eigenvalue weighted by Crippen LogP contribution is -2.28. The summed E-state index contributed by atoms with van der Waals surface area (Å²) < 4.78 is 1.82. The van der Waals surface area contributed by atoms with Gasteiger partial charge in [-0.25, -0.2) is 15.0 Å². The maximum absolute atomic E-state index is 13.2. The van der Waals surface area contributed by atoms with Gasteiger partial charge in [0.15, 0.2) is 0 Å². The van der Waals surface area contributed by atoms with Gasteiger partial charge < -0.3 is 25.6 Å². The van der Waals surface area contributed by atoms with Gasteiger partial charge in [-0.05, 0) is 31.5 Å². The lowest BCUT2D eigenvalue weighted by Gasteiger charge is -2.15. The molecule has 5 rings (SSSR count). The number of carbonyl (C=O) groups is 1. The third-order valence-electron chi connectivity index (χ3n) is 6.16. The zero-order valence-electron chi connectivity index (χ0n) is 19.9. The standard InChI is InChI=1S/C26H26N8O2/c1-3-34-24(27)22(25-29-10-11-30-25)23(36)18-8-9-19(33-26(18)34)17-6-4-16(5-7-17)12-21(35)32-15(2)20-13-28-14-31-20/h4-11,13-15H,3,12,27H2,1-2H3,(H,28,31)(H,29,30)(H,32,35). The van der Waals surface area contributed by atoms with Crippen LogP contribution in [0.2, 0.25) is 0 Å². The number of aromatic amines is 2. The third kappa shape index (κ3) is 4.24. The Morgan fingerprint density at radius 1 is 1.17 bits per heavy atom. The van der Waals surface area contributed by atoms with E-state index >= 15 is 0 Å². The molecule has 36 heavy (non-hydrogen) atoms. The molecule has 0 aliphatic rings. The molecule has 10 nitrogen and oxygen atoms in total. The van der Waals surface area contributed by atoms with Crippen LogP contribution in [0.4, 0.5) is 5.82 Å². The van der Waals surface area contributed by atoms with E-state index in [9.17, 15) is 9.59 Å². The van der Waals surface area contributed by atoms with Crippen molar-refractivity contribution in [2.75, 3.05) is 5.73 Å². The van der Waals surface area contributed by atoms with Crippen LogP contribution in [0.25, 0.3) is 33.7 Å². The number of aryl methyl sites for hydroxylation is 1. The number of hydrogen-bond acceptors (Lipinski definition) is 6. The fraction of sp³-hybridized carbons (Fsp3) is 0.192. The number of pyridine rings is 2. The molecule has 5 N–H and O–H groups in total. The molecule has 0 fully saturated rings. The van der Waals surface area contributed by atoms with Crippen molar-refractivity contribution in [3.63, 3.8) is 0 Å². The number of H-pyrrole nitrogens is 2. The molecule has 1 amide bonds. The largest absolute Gasteiger partial charge is 0.384 e. The van der Waals surface area contributed by atoms with Crippen molar-refractivity contribution >= 4 is 22.8 Å². The van der Waals surface area contributed by atoms with Gasteiger partial charge in [-0.15, -0.1) is 0 Å². The first-order valence-corrected chi connectivity index (χ1v) is 11.7. The molecule has 5 aromatic rings. The van der Waals surface area contributed by atoms with Crippen LogP contribution in [0.1, 0.15) is 31.1 Å². The summed E-state index contributed by atoms with van der Waals surface area (Å²) in [7, 11) is 0. The number of benzene rings is 1. The second kappa shape index (κ2) is 9.49. The van der Waals surface area contributed by atoms with Gasteiger partial charge in [0, 0.05) is 30.7 Å². The molecule has 10 heteroatoms. The number of nitrogens with zero attached hydrogens (tertiary/aromatic N) is 4. The van der Waals surface area contributed by atoms with E-state index in [0.717, 1.165) is 16.8 Å². The summed E-state index contributed by atoms with van der Waals surface area (Å²) in [5.74, 6) is 0.668. The predicted molar refractivity (Wildman–Crippen MR) is 138 cm³/mol. The maximum atomic E-state index is 13.2. The number of nitrogens with one attached hydrogen (secondary N) is 3. The molecule has 1 atom stereocenters. The first-order valence-electron chi connectivity index (χ1n) is 11.7. The summed E-state index contributed by atoms with van der Waals surface area (Å²) in [6.45, 7) is 4.38. The first-order chi connectivity index (χ1) is 17.5. The highest BCUT2D eigenvalue weighted by molar-refractivity contribution is 5.87. The van der Waals surface area contributed by atoms with Crippen LogP contribution in [-0.2, 0) is 17.8 Å². The van der Waals surface area contributed by atoms with Crippen LogP contribution in [0.15, 0.2) is 66.1 Å². The van der Waals surface area contributed by atoms with Crippen molar-refractivity contribution in [2.45, 2.75) is 32.9 Å². The van der Waals surface area contributed by atoms with Crippen LogP contribution in [0, 0.1) is 0 Å². The third-order valence-corrected chi connectivity index (χ3v) is 6.16. The van der Waals surface area contributed by atoms with E-state index in [4.69, 9.17) is 10.7 Å². The minimum atomic E-state index is -0.216.